The van der Waals surface area contributed by atoms with Crippen LogP contribution in [0.25, 0.3) is 0 Å². The summed E-state index contributed by atoms with van der Waals surface area (Å²) in [7, 11) is 0. The van der Waals surface area contributed by atoms with E-state index in [4.69, 9.17) is 9.84 Å². The number of amides is 2. The predicted octanol–water partition coefficient (Wildman–Crippen LogP) is 5.83. The van der Waals surface area contributed by atoms with E-state index in [9.17, 15) is 40.7 Å². The van der Waals surface area contributed by atoms with Gasteiger partial charge in [-0.1, -0.05) is 30.3 Å². The van der Waals surface area contributed by atoms with Gasteiger partial charge in [-0.05, 0) is 55.5 Å². The molecule has 2 aromatic rings. The first-order valence-corrected chi connectivity index (χ1v) is 13.4. The number of carboxylic acid groups (broad SMARTS) is 1. The van der Waals surface area contributed by atoms with Gasteiger partial charge in [0.25, 0.3) is 0 Å². The maximum Gasteiger partial charge on any atom is 0.416 e. The first kappa shape index (κ1) is 31.5. The van der Waals surface area contributed by atoms with Crippen LogP contribution in [-0.2, 0) is 37.0 Å². The summed E-state index contributed by atoms with van der Waals surface area (Å²) in [6.07, 6.45) is -10.8. The van der Waals surface area contributed by atoms with Crippen LogP contribution in [0.1, 0.15) is 73.8 Å². The van der Waals surface area contributed by atoms with E-state index in [0.717, 1.165) is 10.5 Å². The summed E-state index contributed by atoms with van der Waals surface area (Å²) in [5, 5.41) is 12.4. The zero-order valence-corrected chi connectivity index (χ0v) is 22.6. The largest absolute Gasteiger partial charge is 0.481 e. The van der Waals surface area contributed by atoms with E-state index in [1.54, 1.807) is 30.3 Å². The van der Waals surface area contributed by atoms with Crippen molar-refractivity contribution in [3.05, 3.63) is 70.8 Å². The van der Waals surface area contributed by atoms with Crippen LogP contribution < -0.4 is 5.32 Å². The van der Waals surface area contributed by atoms with Crippen molar-refractivity contribution in [2.75, 3.05) is 13.2 Å². The number of benzene rings is 2. The monoisotopic (exact) mass is 600 g/mol. The van der Waals surface area contributed by atoms with Crippen LogP contribution in [0.15, 0.2) is 48.5 Å². The summed E-state index contributed by atoms with van der Waals surface area (Å²) in [6, 6.07) is 10.3. The first-order valence-electron chi connectivity index (χ1n) is 13.4. The molecule has 0 aliphatic carbocycles. The molecule has 0 bridgehead atoms. The number of nitrogens with zero attached hydrogens (tertiary/aromatic N) is 1. The van der Waals surface area contributed by atoms with E-state index in [-0.39, 0.29) is 37.6 Å². The van der Waals surface area contributed by atoms with E-state index in [1.807, 2.05) is 0 Å². The summed E-state index contributed by atoms with van der Waals surface area (Å²) < 4.78 is 86.4. The minimum atomic E-state index is -4.99. The molecule has 2 aliphatic rings. The number of ether oxygens (including phenoxy) is 1. The van der Waals surface area contributed by atoms with E-state index in [0.29, 0.717) is 31.4 Å². The third-order valence-corrected chi connectivity index (χ3v) is 8.09. The van der Waals surface area contributed by atoms with Crippen molar-refractivity contribution in [2.24, 2.45) is 0 Å². The van der Waals surface area contributed by atoms with Crippen molar-refractivity contribution in [2.45, 2.75) is 75.0 Å². The number of carbonyl (C=O) groups excluding carboxylic acids is 2. The Labute approximate surface area is 237 Å². The molecule has 0 aromatic heterocycles. The number of aliphatic carboxylic acids is 1. The number of hydrogen-bond acceptors (Lipinski definition) is 5. The SMILES string of the molecule is C[C@@H](OC[C@@]1(c2ccccc2)CC[C@]2(CCC(=O)N2C(=O)CCC(=O)O)CN1)c1cc(C(F)(F)F)cc(C(F)(F)F)c1. The van der Waals surface area contributed by atoms with Crippen molar-refractivity contribution in [1.82, 2.24) is 10.2 Å². The van der Waals surface area contributed by atoms with Crippen LogP contribution in [0.3, 0.4) is 0 Å². The number of alkyl halides is 6. The highest BCUT2D eigenvalue weighted by atomic mass is 19.4. The predicted molar refractivity (Wildman–Crippen MR) is 137 cm³/mol. The fourth-order valence-corrected chi connectivity index (χ4v) is 5.71. The zero-order valence-electron chi connectivity index (χ0n) is 22.6. The van der Waals surface area contributed by atoms with Crippen molar-refractivity contribution in [1.29, 1.82) is 0 Å². The Morgan fingerprint density at radius 2 is 1.60 bits per heavy atom. The van der Waals surface area contributed by atoms with Crippen LogP contribution in [0.4, 0.5) is 26.3 Å². The van der Waals surface area contributed by atoms with E-state index in [1.165, 1.54) is 6.92 Å². The average molecular weight is 601 g/mol. The van der Waals surface area contributed by atoms with Crippen LogP contribution in [0, 0.1) is 0 Å². The molecule has 228 valence electrons. The van der Waals surface area contributed by atoms with E-state index < -0.39 is 64.9 Å². The zero-order chi connectivity index (χ0) is 30.9. The molecule has 2 saturated heterocycles. The van der Waals surface area contributed by atoms with Crippen molar-refractivity contribution >= 4 is 17.8 Å². The number of carboxylic acids is 1. The number of halogens is 6. The second-order valence-corrected chi connectivity index (χ2v) is 10.8. The first-order chi connectivity index (χ1) is 19.6. The topological polar surface area (TPSA) is 95.9 Å². The summed E-state index contributed by atoms with van der Waals surface area (Å²) in [5.41, 5.74) is -4.23. The highest BCUT2D eigenvalue weighted by molar-refractivity contribution is 5.98. The fraction of sp³-hybridized carbons (Fsp3) is 0.483. The van der Waals surface area contributed by atoms with Crippen LogP contribution in [0.2, 0.25) is 0 Å². The molecule has 2 heterocycles. The number of rotatable bonds is 8. The maximum atomic E-state index is 13.4. The van der Waals surface area contributed by atoms with Gasteiger partial charge in [-0.2, -0.15) is 26.3 Å². The Kier molecular flexibility index (Phi) is 8.75. The van der Waals surface area contributed by atoms with Gasteiger partial charge in [0.15, 0.2) is 0 Å². The summed E-state index contributed by atoms with van der Waals surface area (Å²) >= 11 is 0. The van der Waals surface area contributed by atoms with Crippen LogP contribution in [-0.4, -0.2) is 46.5 Å². The van der Waals surface area contributed by atoms with Gasteiger partial charge in [0.1, 0.15) is 0 Å². The number of nitrogens with one attached hydrogen (secondary N) is 1. The van der Waals surface area contributed by atoms with Gasteiger partial charge < -0.3 is 15.2 Å². The molecule has 2 fully saturated rings. The second kappa shape index (κ2) is 11.7. The molecule has 2 amide bonds. The highest BCUT2D eigenvalue weighted by Gasteiger charge is 2.53. The molecule has 42 heavy (non-hydrogen) atoms. The van der Waals surface area contributed by atoms with Gasteiger partial charge in [0.05, 0.1) is 41.3 Å². The Balaban J connectivity index is 1.58. The number of likely N-dealkylation sites (tertiary alicyclic amines) is 1. The third kappa shape index (κ3) is 6.62. The third-order valence-electron chi connectivity index (χ3n) is 8.09. The summed E-state index contributed by atoms with van der Waals surface area (Å²) in [6.45, 7) is 1.38. The molecular weight excluding hydrogens is 570 g/mol. The molecule has 7 nitrogen and oxygen atoms in total. The van der Waals surface area contributed by atoms with E-state index in [2.05, 4.69) is 5.32 Å². The molecule has 13 heteroatoms. The quantitative estimate of drug-likeness (QED) is 0.370. The lowest BCUT2D eigenvalue weighted by atomic mass is 9.75. The number of imide groups is 1. The average Bonchev–Trinajstić information content (AvgIpc) is 3.26. The highest BCUT2D eigenvalue weighted by Crippen LogP contribution is 2.44. The Hall–Kier alpha value is -3.45. The molecule has 4 rings (SSSR count). The minimum absolute atomic E-state index is 0.0657. The van der Waals surface area contributed by atoms with Gasteiger partial charge in [-0.25, -0.2) is 0 Å². The molecule has 3 atom stereocenters. The van der Waals surface area contributed by atoms with Crippen molar-refractivity contribution < 1.29 is 50.6 Å². The van der Waals surface area contributed by atoms with Crippen molar-refractivity contribution in [3.8, 4) is 0 Å². The molecule has 2 aromatic carbocycles. The lowest BCUT2D eigenvalue weighted by Gasteiger charge is -2.49. The normalized spacial score (nSPS) is 23.8. The molecule has 1 spiro atoms. The van der Waals surface area contributed by atoms with Gasteiger partial charge in [-0.15, -0.1) is 0 Å². The van der Waals surface area contributed by atoms with Gasteiger partial charge in [0, 0.05) is 19.4 Å². The van der Waals surface area contributed by atoms with Crippen molar-refractivity contribution in [3.63, 3.8) is 0 Å². The minimum Gasteiger partial charge on any atom is -0.481 e. The molecule has 2 aliphatic heterocycles. The molecule has 0 radical (unpaired) electrons. The molecule has 2 N–H and O–H groups in total. The lowest BCUT2D eigenvalue weighted by Crippen LogP contribution is -2.63. The standard InChI is InChI=1S/C29H30F6N2O5/c1-18(19-13-21(28(30,31)32)15-22(14-19)29(33,34)35)42-17-27(20-5-3-2-4-6-20)12-11-26(16-36-27)10-9-24(39)37(26)23(38)7-8-25(40)41/h2-6,13-15,18,36H,7-12,16-17H2,1H3,(H,40,41)/t18-,26-,27-/m1/s1. The van der Waals surface area contributed by atoms with Crippen LogP contribution >= 0.6 is 0 Å². The van der Waals surface area contributed by atoms with Crippen LogP contribution in [0.5, 0.6) is 0 Å². The Morgan fingerprint density at radius 1 is 0.976 bits per heavy atom. The molecular formula is C29H30F6N2O5. The number of piperidine rings is 1. The van der Waals surface area contributed by atoms with E-state index >= 15 is 0 Å². The summed E-state index contributed by atoms with van der Waals surface area (Å²) in [4.78, 5) is 37.7. The molecule has 0 saturated carbocycles. The fourth-order valence-electron chi connectivity index (χ4n) is 5.71. The smallest absolute Gasteiger partial charge is 0.416 e. The number of hydrogen-bond donors (Lipinski definition) is 2. The Bertz CT molecular complexity index is 1290. The molecule has 0 unspecified atom stereocenters. The summed E-state index contributed by atoms with van der Waals surface area (Å²) in [5.74, 6) is -2.14. The maximum absolute atomic E-state index is 13.4. The van der Waals surface area contributed by atoms with Gasteiger partial charge in [0.2, 0.25) is 11.8 Å². The second-order valence-electron chi connectivity index (χ2n) is 10.8. The van der Waals surface area contributed by atoms with Gasteiger partial charge >= 0.3 is 18.3 Å². The number of carbonyl (C=O) groups is 3. The lowest BCUT2D eigenvalue weighted by molar-refractivity contribution is -0.151. The Morgan fingerprint density at radius 3 is 2.12 bits per heavy atom. The van der Waals surface area contributed by atoms with Gasteiger partial charge in [-0.3, -0.25) is 19.3 Å².